The third-order valence-electron chi connectivity index (χ3n) is 4.05. The number of halogens is 1. The molecular formula is C17H15FN6O3. The maximum absolute atomic E-state index is 13.8. The van der Waals surface area contributed by atoms with E-state index in [2.05, 4.69) is 25.8 Å². The number of hydrogen-bond acceptors (Lipinski definition) is 6. The van der Waals surface area contributed by atoms with Gasteiger partial charge >= 0.3 is 0 Å². The first kappa shape index (κ1) is 16.8. The largest absolute Gasteiger partial charge is 0.454 e. The first-order valence-electron chi connectivity index (χ1n) is 8.01. The highest BCUT2D eigenvalue weighted by Crippen LogP contribution is 2.35. The maximum atomic E-state index is 13.8. The maximum Gasteiger partial charge on any atom is 0.289 e. The summed E-state index contributed by atoms with van der Waals surface area (Å²) in [5.74, 6) is 0.254. The van der Waals surface area contributed by atoms with Crippen LogP contribution < -0.4 is 14.9 Å². The van der Waals surface area contributed by atoms with Gasteiger partial charge < -0.3 is 9.47 Å². The van der Waals surface area contributed by atoms with Gasteiger partial charge in [0.15, 0.2) is 11.5 Å². The highest BCUT2D eigenvalue weighted by molar-refractivity contribution is 5.94. The van der Waals surface area contributed by atoms with Crippen LogP contribution in [0.5, 0.6) is 11.5 Å². The zero-order valence-corrected chi connectivity index (χ0v) is 14.5. The van der Waals surface area contributed by atoms with Crippen LogP contribution in [0.25, 0.3) is 11.3 Å². The van der Waals surface area contributed by atoms with Crippen molar-refractivity contribution in [3.05, 3.63) is 47.2 Å². The average molecular weight is 370 g/mol. The fourth-order valence-electron chi connectivity index (χ4n) is 2.65. The minimum absolute atomic E-state index is 0.183. The molecule has 1 aliphatic rings. The van der Waals surface area contributed by atoms with Gasteiger partial charge in [-0.15, -0.1) is 0 Å². The van der Waals surface area contributed by atoms with Gasteiger partial charge in [0.25, 0.3) is 5.91 Å². The van der Waals surface area contributed by atoms with Crippen LogP contribution in [0.4, 0.5) is 4.39 Å². The number of amides is 1. The minimum Gasteiger partial charge on any atom is -0.454 e. The van der Waals surface area contributed by atoms with Crippen molar-refractivity contribution < 1.29 is 18.7 Å². The van der Waals surface area contributed by atoms with Crippen LogP contribution in [0.1, 0.15) is 21.7 Å². The Morgan fingerprint density at radius 1 is 1.37 bits per heavy atom. The number of fused-ring (bicyclic) bond motifs is 1. The second kappa shape index (κ2) is 6.56. The van der Waals surface area contributed by atoms with Gasteiger partial charge in [-0.2, -0.15) is 19.7 Å². The van der Waals surface area contributed by atoms with Gasteiger partial charge in [0.05, 0.1) is 23.2 Å². The van der Waals surface area contributed by atoms with E-state index < -0.39 is 11.9 Å². The number of aromatic nitrogens is 4. The monoisotopic (exact) mass is 370 g/mol. The first-order chi connectivity index (χ1) is 13.0. The molecule has 27 heavy (non-hydrogen) atoms. The number of benzene rings is 1. The van der Waals surface area contributed by atoms with Crippen molar-refractivity contribution in [3.8, 4) is 22.8 Å². The summed E-state index contributed by atoms with van der Waals surface area (Å²) in [5, 5.41) is 14.5. The van der Waals surface area contributed by atoms with Crippen LogP contribution >= 0.6 is 0 Å². The van der Waals surface area contributed by atoms with E-state index in [1.807, 2.05) is 6.07 Å². The van der Waals surface area contributed by atoms with Crippen molar-refractivity contribution in [2.24, 2.45) is 12.1 Å². The van der Waals surface area contributed by atoms with Gasteiger partial charge in [-0.1, -0.05) is 0 Å². The first-order valence-corrected chi connectivity index (χ1v) is 8.01. The molecule has 0 atom stereocenters. The van der Waals surface area contributed by atoms with E-state index in [9.17, 15) is 9.18 Å². The quantitative estimate of drug-likeness (QED) is 0.538. The van der Waals surface area contributed by atoms with Gasteiger partial charge in [-0.25, -0.2) is 10.1 Å². The predicted octanol–water partition coefficient (Wildman–Crippen LogP) is 1.75. The number of carbonyl (C=O) groups is 1. The van der Waals surface area contributed by atoms with Crippen LogP contribution in [0.3, 0.4) is 0 Å². The molecule has 9 nitrogen and oxygen atoms in total. The summed E-state index contributed by atoms with van der Waals surface area (Å²) in [6.07, 6.45) is 1.21. The van der Waals surface area contributed by atoms with Gasteiger partial charge in [-0.05, 0) is 31.2 Å². The molecule has 1 aromatic carbocycles. The molecule has 0 spiro atoms. The number of ether oxygens (including phenoxy) is 2. The smallest absolute Gasteiger partial charge is 0.289 e. The molecule has 0 bridgehead atoms. The number of carbonyl (C=O) groups excluding carboxylic acids is 1. The summed E-state index contributed by atoms with van der Waals surface area (Å²) >= 11 is 0. The number of nitrogens with one attached hydrogen (secondary N) is 2. The Hall–Kier alpha value is -3.69. The van der Waals surface area contributed by atoms with Crippen LogP contribution in [-0.4, -0.2) is 38.9 Å². The Morgan fingerprint density at radius 3 is 2.96 bits per heavy atom. The third-order valence-corrected chi connectivity index (χ3v) is 4.05. The molecule has 0 unspecified atom stereocenters. The molecule has 1 aliphatic heterocycles. The lowest BCUT2D eigenvalue weighted by molar-refractivity contribution is 0.0950. The topological polar surface area (TPSA) is 106 Å². The van der Waals surface area contributed by atoms with Crippen molar-refractivity contribution in [2.45, 2.75) is 6.92 Å². The van der Waals surface area contributed by atoms with E-state index in [0.29, 0.717) is 22.9 Å². The van der Waals surface area contributed by atoms with Crippen molar-refractivity contribution in [1.82, 2.24) is 25.4 Å². The Balaban J connectivity index is 1.46. The average Bonchev–Trinajstić information content (AvgIpc) is 3.36. The number of rotatable bonds is 4. The Labute approximate surface area is 152 Å². The molecule has 10 heteroatoms. The molecule has 3 heterocycles. The Kier molecular flexibility index (Phi) is 4.07. The van der Waals surface area contributed by atoms with Crippen molar-refractivity contribution >= 4 is 12.1 Å². The lowest BCUT2D eigenvalue weighted by Gasteiger charge is -1.99. The standard InChI is InChI=1S/C17H15FN6O3/c1-9-11(16(18)24(2)23-9)7-19-22-17(25)13-6-12(20-21-13)10-3-4-14-15(5-10)27-8-26-14/h3-7H,8H2,1-2H3,(H,20,21)(H,22,25). The fourth-order valence-corrected chi connectivity index (χ4v) is 2.65. The lowest BCUT2D eigenvalue weighted by atomic mass is 10.1. The van der Waals surface area contributed by atoms with E-state index in [-0.39, 0.29) is 18.1 Å². The Morgan fingerprint density at radius 2 is 2.19 bits per heavy atom. The zero-order valence-electron chi connectivity index (χ0n) is 14.5. The Bertz CT molecular complexity index is 1060. The number of nitrogens with zero attached hydrogens (tertiary/aromatic N) is 4. The van der Waals surface area contributed by atoms with Gasteiger partial charge in [0.2, 0.25) is 12.7 Å². The molecule has 4 rings (SSSR count). The van der Waals surface area contributed by atoms with Gasteiger partial charge in [0.1, 0.15) is 5.69 Å². The van der Waals surface area contributed by atoms with Crippen LogP contribution in [0.2, 0.25) is 0 Å². The molecule has 3 aromatic rings. The van der Waals surface area contributed by atoms with E-state index in [0.717, 1.165) is 10.2 Å². The molecule has 2 aromatic heterocycles. The molecule has 0 radical (unpaired) electrons. The zero-order chi connectivity index (χ0) is 19.0. The lowest BCUT2D eigenvalue weighted by Crippen LogP contribution is -2.18. The number of aromatic amines is 1. The molecule has 0 saturated heterocycles. The van der Waals surface area contributed by atoms with Crippen LogP contribution in [0.15, 0.2) is 29.4 Å². The van der Waals surface area contributed by atoms with Crippen molar-refractivity contribution in [3.63, 3.8) is 0 Å². The van der Waals surface area contributed by atoms with E-state index in [1.165, 1.54) is 13.3 Å². The van der Waals surface area contributed by atoms with Gasteiger partial charge in [0, 0.05) is 12.6 Å². The van der Waals surface area contributed by atoms with Crippen LogP contribution in [-0.2, 0) is 7.05 Å². The summed E-state index contributed by atoms with van der Waals surface area (Å²) in [6, 6.07) is 6.96. The molecular weight excluding hydrogens is 355 g/mol. The predicted molar refractivity (Wildman–Crippen MR) is 93.1 cm³/mol. The summed E-state index contributed by atoms with van der Waals surface area (Å²) in [6.45, 7) is 1.83. The SMILES string of the molecule is Cc1nn(C)c(F)c1C=NNC(=O)c1cc(-c2ccc3c(c2)OCO3)n[nH]1. The highest BCUT2D eigenvalue weighted by atomic mass is 19.1. The molecule has 2 N–H and O–H groups in total. The number of aryl methyl sites for hydroxylation is 2. The van der Waals surface area contributed by atoms with Crippen LogP contribution in [0, 0.1) is 12.9 Å². The molecule has 0 saturated carbocycles. The third kappa shape index (κ3) is 3.12. The van der Waals surface area contributed by atoms with E-state index in [4.69, 9.17) is 9.47 Å². The minimum atomic E-state index is -0.530. The highest BCUT2D eigenvalue weighted by Gasteiger charge is 2.16. The second-order valence-corrected chi connectivity index (χ2v) is 5.85. The second-order valence-electron chi connectivity index (χ2n) is 5.85. The normalized spacial score (nSPS) is 12.7. The van der Waals surface area contributed by atoms with Crippen molar-refractivity contribution in [2.75, 3.05) is 6.79 Å². The molecule has 138 valence electrons. The number of hydrazone groups is 1. The van der Waals surface area contributed by atoms with Gasteiger partial charge in [-0.3, -0.25) is 9.89 Å². The molecule has 0 fully saturated rings. The summed E-state index contributed by atoms with van der Waals surface area (Å²) in [5.41, 5.74) is 4.56. The summed E-state index contributed by atoms with van der Waals surface area (Å²) < 4.78 is 25.5. The fraction of sp³-hybridized carbons (Fsp3) is 0.176. The van der Waals surface area contributed by atoms with E-state index in [1.54, 1.807) is 25.1 Å². The molecule has 1 amide bonds. The molecule has 0 aliphatic carbocycles. The number of hydrogen-bond donors (Lipinski definition) is 2. The number of H-pyrrole nitrogens is 1. The van der Waals surface area contributed by atoms with Crippen molar-refractivity contribution in [1.29, 1.82) is 0 Å². The van der Waals surface area contributed by atoms with E-state index >= 15 is 0 Å². The summed E-state index contributed by atoms with van der Waals surface area (Å²) in [7, 11) is 1.49. The summed E-state index contributed by atoms with van der Waals surface area (Å²) in [4.78, 5) is 12.2.